The molecule has 0 heterocycles. The minimum absolute atomic E-state index is 0.288. The quantitative estimate of drug-likeness (QED) is 0.822. The first-order valence-electron chi connectivity index (χ1n) is 6.38. The summed E-state index contributed by atoms with van der Waals surface area (Å²) >= 11 is 0. The Hall–Kier alpha value is -2.50. The summed E-state index contributed by atoms with van der Waals surface area (Å²) in [6.45, 7) is 1.56. The second-order valence-electron chi connectivity index (χ2n) is 4.47. The summed E-state index contributed by atoms with van der Waals surface area (Å²) in [5.74, 6) is 1.20. The van der Waals surface area contributed by atoms with Crippen LogP contribution < -0.4 is 9.47 Å². The zero-order valence-corrected chi connectivity index (χ0v) is 11.6. The molecular formula is C16H12F3O3. The Labute approximate surface area is 125 Å². The van der Waals surface area contributed by atoms with Gasteiger partial charge in [0.05, 0.1) is 5.56 Å². The summed E-state index contributed by atoms with van der Waals surface area (Å²) in [5.41, 5.74) is -0.734. The molecule has 0 aromatic heterocycles. The molecule has 0 N–H and O–H groups in total. The first-order valence-corrected chi connectivity index (χ1v) is 6.38. The van der Waals surface area contributed by atoms with Crippen molar-refractivity contribution in [3.8, 4) is 17.2 Å². The maximum atomic E-state index is 12.4. The minimum atomic E-state index is -4.37. The number of hydrogen-bond acceptors (Lipinski definition) is 3. The molecule has 1 atom stereocenters. The molecule has 2 aromatic carbocycles. The van der Waals surface area contributed by atoms with E-state index >= 15 is 0 Å². The van der Waals surface area contributed by atoms with Crippen LogP contribution in [0.1, 0.15) is 12.5 Å². The highest BCUT2D eigenvalue weighted by molar-refractivity contribution is 5.57. The number of rotatable bonds is 5. The fourth-order valence-corrected chi connectivity index (χ4v) is 1.66. The Balaban J connectivity index is 2.03. The zero-order chi connectivity index (χ0) is 16.2. The standard InChI is InChI=1S/C16H12F3O3/c1-11(10-20)21-13-6-8-15(9-7-13)22-14-4-2-12(3-5-14)16(17,18)19/h2-9,11H,1H3/t11-/m1/s1. The molecule has 0 aliphatic rings. The van der Waals surface area contributed by atoms with E-state index in [1.807, 2.05) is 0 Å². The fraction of sp³-hybridized carbons (Fsp3) is 0.188. The molecule has 2 aromatic rings. The van der Waals surface area contributed by atoms with Gasteiger partial charge in [-0.25, -0.2) is 0 Å². The van der Waals surface area contributed by atoms with Crippen molar-refractivity contribution in [1.29, 1.82) is 0 Å². The minimum Gasteiger partial charge on any atom is -0.482 e. The Bertz CT molecular complexity index is 619. The van der Waals surface area contributed by atoms with E-state index in [-0.39, 0.29) is 5.75 Å². The van der Waals surface area contributed by atoms with Gasteiger partial charge in [0.2, 0.25) is 6.29 Å². The van der Waals surface area contributed by atoms with Crippen molar-refractivity contribution in [1.82, 2.24) is 0 Å². The third-order valence-corrected chi connectivity index (χ3v) is 2.72. The van der Waals surface area contributed by atoms with Crippen LogP contribution in [0.2, 0.25) is 0 Å². The van der Waals surface area contributed by atoms with Crippen molar-refractivity contribution in [2.24, 2.45) is 0 Å². The van der Waals surface area contributed by atoms with Crippen molar-refractivity contribution in [2.45, 2.75) is 19.2 Å². The van der Waals surface area contributed by atoms with Crippen LogP contribution in [-0.4, -0.2) is 12.4 Å². The van der Waals surface area contributed by atoms with Crippen LogP contribution in [-0.2, 0) is 11.0 Å². The third-order valence-electron chi connectivity index (χ3n) is 2.72. The van der Waals surface area contributed by atoms with Crippen LogP contribution in [0, 0.1) is 0 Å². The van der Waals surface area contributed by atoms with Gasteiger partial charge in [-0.3, -0.25) is 4.79 Å². The number of carbonyl (C=O) groups excluding carboxylic acids is 1. The van der Waals surface area contributed by atoms with Crippen LogP contribution in [0.25, 0.3) is 0 Å². The lowest BCUT2D eigenvalue weighted by molar-refractivity contribution is -0.137. The van der Waals surface area contributed by atoms with Gasteiger partial charge in [-0.15, -0.1) is 0 Å². The number of ether oxygens (including phenoxy) is 2. The van der Waals surface area contributed by atoms with E-state index in [0.717, 1.165) is 12.1 Å². The summed E-state index contributed by atoms with van der Waals surface area (Å²) in [6, 6.07) is 10.8. The molecule has 0 amide bonds. The maximum Gasteiger partial charge on any atom is 0.416 e. The van der Waals surface area contributed by atoms with Gasteiger partial charge in [0.25, 0.3) is 0 Å². The van der Waals surface area contributed by atoms with E-state index in [2.05, 4.69) is 0 Å². The highest BCUT2D eigenvalue weighted by Gasteiger charge is 2.30. The van der Waals surface area contributed by atoms with Crippen molar-refractivity contribution in [3.05, 3.63) is 54.1 Å². The first-order chi connectivity index (χ1) is 10.4. The lowest BCUT2D eigenvalue weighted by atomic mass is 10.2. The zero-order valence-electron chi connectivity index (χ0n) is 11.6. The summed E-state index contributed by atoms with van der Waals surface area (Å²) in [7, 11) is 0. The van der Waals surface area contributed by atoms with Crippen LogP contribution in [0.3, 0.4) is 0 Å². The van der Waals surface area contributed by atoms with Gasteiger partial charge >= 0.3 is 6.18 Å². The third kappa shape index (κ3) is 4.25. The molecule has 0 saturated carbocycles. The Morgan fingerprint density at radius 1 is 0.909 bits per heavy atom. The van der Waals surface area contributed by atoms with E-state index in [0.29, 0.717) is 11.5 Å². The van der Waals surface area contributed by atoms with E-state index in [4.69, 9.17) is 9.47 Å². The maximum absolute atomic E-state index is 12.4. The smallest absolute Gasteiger partial charge is 0.416 e. The molecule has 0 fully saturated rings. The van der Waals surface area contributed by atoms with Gasteiger partial charge in [-0.05, 0) is 55.5 Å². The Morgan fingerprint density at radius 3 is 1.82 bits per heavy atom. The monoisotopic (exact) mass is 309 g/mol. The summed E-state index contributed by atoms with van der Waals surface area (Å²) in [6.07, 6.45) is -3.36. The Kier molecular flexibility index (Phi) is 4.70. The van der Waals surface area contributed by atoms with Crippen LogP contribution in [0.4, 0.5) is 13.2 Å². The number of hydrogen-bond donors (Lipinski definition) is 0. The van der Waals surface area contributed by atoms with E-state index < -0.39 is 17.8 Å². The molecule has 0 bridgehead atoms. The van der Waals surface area contributed by atoms with Gasteiger partial charge in [-0.1, -0.05) is 0 Å². The van der Waals surface area contributed by atoms with Crippen molar-refractivity contribution < 1.29 is 27.4 Å². The number of halogens is 3. The molecule has 115 valence electrons. The van der Waals surface area contributed by atoms with Crippen LogP contribution >= 0.6 is 0 Å². The van der Waals surface area contributed by atoms with Crippen molar-refractivity contribution in [2.75, 3.05) is 0 Å². The van der Waals surface area contributed by atoms with Crippen LogP contribution in [0.5, 0.6) is 17.2 Å². The number of benzene rings is 2. The number of alkyl halides is 3. The van der Waals surface area contributed by atoms with Crippen molar-refractivity contribution >= 4 is 6.29 Å². The molecule has 0 saturated heterocycles. The first kappa shape index (κ1) is 15.9. The molecule has 0 aliphatic carbocycles. The molecule has 0 spiro atoms. The lowest BCUT2D eigenvalue weighted by Crippen LogP contribution is -2.12. The largest absolute Gasteiger partial charge is 0.482 e. The van der Waals surface area contributed by atoms with Gasteiger partial charge in [0.1, 0.15) is 17.2 Å². The average molecular weight is 309 g/mol. The highest BCUT2D eigenvalue weighted by Crippen LogP contribution is 2.31. The Morgan fingerprint density at radius 2 is 1.36 bits per heavy atom. The SMILES string of the molecule is C[C@H]([C]=O)Oc1ccc(Oc2ccc(C(F)(F)F)cc2)cc1. The molecule has 3 nitrogen and oxygen atoms in total. The predicted molar refractivity (Wildman–Crippen MR) is 73.7 cm³/mol. The molecule has 6 heteroatoms. The van der Waals surface area contributed by atoms with Crippen LogP contribution in [0.15, 0.2) is 48.5 Å². The molecule has 22 heavy (non-hydrogen) atoms. The summed E-state index contributed by atoms with van der Waals surface area (Å²) < 4.78 is 48.0. The molecule has 0 aliphatic heterocycles. The average Bonchev–Trinajstić information content (AvgIpc) is 2.49. The molecule has 0 unspecified atom stereocenters. The van der Waals surface area contributed by atoms with E-state index in [9.17, 15) is 18.0 Å². The fourth-order valence-electron chi connectivity index (χ4n) is 1.66. The summed E-state index contributed by atoms with van der Waals surface area (Å²) in [4.78, 5) is 10.4. The molecule has 1 radical (unpaired) electrons. The van der Waals surface area contributed by atoms with Gasteiger partial charge < -0.3 is 9.47 Å². The second-order valence-corrected chi connectivity index (χ2v) is 4.47. The normalized spacial score (nSPS) is 12.5. The predicted octanol–water partition coefficient (Wildman–Crippen LogP) is 4.37. The van der Waals surface area contributed by atoms with Crippen molar-refractivity contribution in [3.63, 3.8) is 0 Å². The topological polar surface area (TPSA) is 35.5 Å². The second kappa shape index (κ2) is 6.51. The highest BCUT2D eigenvalue weighted by atomic mass is 19.4. The van der Waals surface area contributed by atoms with Gasteiger partial charge in [-0.2, -0.15) is 13.2 Å². The van der Waals surface area contributed by atoms with E-state index in [1.54, 1.807) is 37.5 Å². The molecule has 2 rings (SSSR count). The van der Waals surface area contributed by atoms with E-state index in [1.165, 1.54) is 12.1 Å². The van der Waals surface area contributed by atoms with Gasteiger partial charge in [0, 0.05) is 0 Å². The lowest BCUT2D eigenvalue weighted by Gasteiger charge is -2.10. The summed E-state index contributed by atoms with van der Waals surface area (Å²) in [5, 5.41) is 0. The van der Waals surface area contributed by atoms with Gasteiger partial charge in [0.15, 0.2) is 6.10 Å². The molecular weight excluding hydrogens is 297 g/mol.